The number of hydrogen-bond acceptors (Lipinski definition) is 3. The molecule has 0 amide bonds. The number of nitrogens with zero attached hydrogens (tertiary/aromatic N) is 3. The maximum Gasteiger partial charge on any atom is 0.173 e. The Morgan fingerprint density at radius 3 is 2.29 bits per heavy atom. The quantitative estimate of drug-likeness (QED) is 0.558. The van der Waals surface area contributed by atoms with Gasteiger partial charge in [0.05, 0.1) is 16.7 Å². The Balaban J connectivity index is 2.10. The van der Waals surface area contributed by atoms with Crippen molar-refractivity contribution in [1.82, 2.24) is 14.9 Å². The fourth-order valence-corrected chi connectivity index (χ4v) is 3.66. The molecular weight excluding hydrogens is 316 g/mol. The van der Waals surface area contributed by atoms with Crippen LogP contribution in [0.1, 0.15) is 27.7 Å². The maximum atomic E-state index is 5.67. The highest BCUT2D eigenvalue weighted by atomic mass is 32.1. The summed E-state index contributed by atoms with van der Waals surface area (Å²) in [5, 5.41) is 6.24. The minimum Gasteiger partial charge on any atom is -0.344 e. The normalized spacial score (nSPS) is 11.4. The van der Waals surface area contributed by atoms with Gasteiger partial charge in [0.25, 0.3) is 0 Å². The molecule has 3 rings (SSSR count). The molecule has 0 spiro atoms. The van der Waals surface area contributed by atoms with Crippen LogP contribution < -0.4 is 5.32 Å². The van der Waals surface area contributed by atoms with Crippen LogP contribution in [0, 0.1) is 0 Å². The van der Waals surface area contributed by atoms with E-state index in [4.69, 9.17) is 12.2 Å². The Morgan fingerprint density at radius 2 is 1.62 bits per heavy atom. The zero-order valence-corrected chi connectivity index (χ0v) is 15.3. The lowest BCUT2D eigenvalue weighted by Gasteiger charge is -2.33. The van der Waals surface area contributed by atoms with Crippen LogP contribution in [0.15, 0.2) is 42.7 Å². The van der Waals surface area contributed by atoms with E-state index >= 15 is 0 Å². The third kappa shape index (κ3) is 3.04. The van der Waals surface area contributed by atoms with Crippen molar-refractivity contribution in [2.24, 2.45) is 0 Å². The molecule has 0 aliphatic heterocycles. The summed E-state index contributed by atoms with van der Waals surface area (Å²) in [5.41, 5.74) is 2.77. The number of pyridine rings is 2. The average Bonchev–Trinajstić information content (AvgIpc) is 2.54. The molecule has 0 bridgehead atoms. The zero-order valence-electron chi connectivity index (χ0n) is 14.4. The van der Waals surface area contributed by atoms with E-state index in [0.717, 1.165) is 32.6 Å². The van der Waals surface area contributed by atoms with Gasteiger partial charge in [0.15, 0.2) is 5.11 Å². The molecule has 1 N–H and O–H groups in total. The standard InChI is InChI=1S/C19H22N4S/c1-12(2)23(13(3)4)19(24)22-16-11-14-7-5-9-20-17(14)18-15(16)8-6-10-21-18/h5-13H,1-4H3,(H,22,24). The molecule has 0 aliphatic rings. The van der Waals surface area contributed by atoms with Gasteiger partial charge in [-0.05, 0) is 64.2 Å². The van der Waals surface area contributed by atoms with Crippen LogP contribution in [0.2, 0.25) is 0 Å². The molecule has 1 aromatic carbocycles. The fourth-order valence-electron chi connectivity index (χ4n) is 3.13. The molecular formula is C19H22N4S. The van der Waals surface area contributed by atoms with Crippen molar-refractivity contribution in [3.8, 4) is 0 Å². The van der Waals surface area contributed by atoms with E-state index in [1.165, 1.54) is 0 Å². The van der Waals surface area contributed by atoms with E-state index in [0.29, 0.717) is 12.1 Å². The Kier molecular flexibility index (Phi) is 4.62. The van der Waals surface area contributed by atoms with E-state index in [9.17, 15) is 0 Å². The molecule has 0 saturated carbocycles. The van der Waals surface area contributed by atoms with Crippen molar-refractivity contribution in [3.63, 3.8) is 0 Å². The predicted octanol–water partition coefficient (Wildman–Crippen LogP) is 4.60. The van der Waals surface area contributed by atoms with Gasteiger partial charge in [-0.2, -0.15) is 0 Å². The number of benzene rings is 1. The third-order valence-electron chi connectivity index (χ3n) is 4.05. The van der Waals surface area contributed by atoms with Gasteiger partial charge in [-0.25, -0.2) is 0 Å². The Labute approximate surface area is 147 Å². The number of aromatic nitrogens is 2. The summed E-state index contributed by atoms with van der Waals surface area (Å²) < 4.78 is 0. The molecule has 0 unspecified atom stereocenters. The van der Waals surface area contributed by atoms with Gasteiger partial charge in [0, 0.05) is 35.2 Å². The molecule has 0 radical (unpaired) electrons. The van der Waals surface area contributed by atoms with E-state index < -0.39 is 0 Å². The van der Waals surface area contributed by atoms with Gasteiger partial charge in [0.2, 0.25) is 0 Å². The number of hydrogen-bond donors (Lipinski definition) is 1. The van der Waals surface area contributed by atoms with Gasteiger partial charge in [-0.1, -0.05) is 6.07 Å². The lowest BCUT2D eigenvalue weighted by Crippen LogP contribution is -2.44. The first kappa shape index (κ1) is 16.6. The molecule has 0 saturated heterocycles. The Hall–Kier alpha value is -2.27. The minimum atomic E-state index is 0.330. The van der Waals surface area contributed by atoms with Crippen molar-refractivity contribution >= 4 is 44.8 Å². The summed E-state index contributed by atoms with van der Waals surface area (Å²) in [6.45, 7) is 8.60. The third-order valence-corrected chi connectivity index (χ3v) is 4.36. The van der Waals surface area contributed by atoms with Gasteiger partial charge in [0.1, 0.15) is 0 Å². The lowest BCUT2D eigenvalue weighted by molar-refractivity contribution is 0.297. The minimum absolute atomic E-state index is 0.330. The Morgan fingerprint density at radius 1 is 1.00 bits per heavy atom. The predicted molar refractivity (Wildman–Crippen MR) is 105 cm³/mol. The molecule has 2 aromatic heterocycles. The van der Waals surface area contributed by atoms with Crippen LogP contribution in [-0.4, -0.2) is 32.1 Å². The van der Waals surface area contributed by atoms with Crippen LogP contribution in [0.25, 0.3) is 21.8 Å². The monoisotopic (exact) mass is 338 g/mol. The van der Waals surface area contributed by atoms with E-state index in [-0.39, 0.29) is 0 Å². The second-order valence-electron chi connectivity index (χ2n) is 6.42. The molecule has 0 fully saturated rings. The highest BCUT2D eigenvalue weighted by Gasteiger charge is 2.18. The van der Waals surface area contributed by atoms with E-state index in [1.807, 2.05) is 18.2 Å². The number of rotatable bonds is 3. The smallest absolute Gasteiger partial charge is 0.173 e. The van der Waals surface area contributed by atoms with Crippen molar-refractivity contribution in [1.29, 1.82) is 0 Å². The van der Waals surface area contributed by atoms with Crippen molar-refractivity contribution in [3.05, 3.63) is 42.7 Å². The van der Waals surface area contributed by atoms with Gasteiger partial charge < -0.3 is 10.2 Å². The van der Waals surface area contributed by atoms with Crippen molar-refractivity contribution in [2.75, 3.05) is 5.32 Å². The molecule has 3 aromatic rings. The summed E-state index contributed by atoms with van der Waals surface area (Å²) in [7, 11) is 0. The number of fused-ring (bicyclic) bond motifs is 3. The molecule has 2 heterocycles. The topological polar surface area (TPSA) is 41.0 Å². The zero-order chi connectivity index (χ0) is 17.3. The first-order valence-electron chi connectivity index (χ1n) is 8.21. The van der Waals surface area contributed by atoms with E-state index in [1.54, 1.807) is 12.4 Å². The van der Waals surface area contributed by atoms with Crippen LogP contribution in [0.3, 0.4) is 0 Å². The SMILES string of the molecule is CC(C)N(C(=S)Nc1cc2cccnc2c2ncccc12)C(C)C. The summed E-state index contributed by atoms with van der Waals surface area (Å²) in [4.78, 5) is 11.2. The Bertz CT molecular complexity index is 881. The van der Waals surface area contributed by atoms with Gasteiger partial charge >= 0.3 is 0 Å². The van der Waals surface area contributed by atoms with Gasteiger partial charge in [-0.15, -0.1) is 0 Å². The number of thiocarbonyl (C=S) groups is 1. The van der Waals surface area contributed by atoms with Crippen LogP contribution in [-0.2, 0) is 0 Å². The number of anilines is 1. The van der Waals surface area contributed by atoms with Gasteiger partial charge in [-0.3, -0.25) is 9.97 Å². The molecule has 124 valence electrons. The average molecular weight is 338 g/mol. The molecule has 24 heavy (non-hydrogen) atoms. The largest absolute Gasteiger partial charge is 0.344 e. The maximum absolute atomic E-state index is 5.67. The van der Waals surface area contributed by atoms with Crippen LogP contribution >= 0.6 is 12.2 Å². The lowest BCUT2D eigenvalue weighted by atomic mass is 10.1. The number of nitrogens with one attached hydrogen (secondary N) is 1. The molecule has 5 heteroatoms. The van der Waals surface area contributed by atoms with Crippen LogP contribution in [0.5, 0.6) is 0 Å². The second kappa shape index (κ2) is 6.69. The van der Waals surface area contributed by atoms with Crippen LogP contribution in [0.4, 0.5) is 5.69 Å². The molecule has 0 aliphatic carbocycles. The van der Waals surface area contributed by atoms with Crippen molar-refractivity contribution < 1.29 is 0 Å². The second-order valence-corrected chi connectivity index (χ2v) is 6.81. The highest BCUT2D eigenvalue weighted by molar-refractivity contribution is 7.80. The summed E-state index contributed by atoms with van der Waals surface area (Å²) in [6.07, 6.45) is 3.60. The first-order chi connectivity index (χ1) is 11.5. The molecule has 4 nitrogen and oxygen atoms in total. The fraction of sp³-hybridized carbons (Fsp3) is 0.316. The summed E-state index contributed by atoms with van der Waals surface area (Å²) >= 11 is 5.67. The van der Waals surface area contributed by atoms with Crippen molar-refractivity contribution in [2.45, 2.75) is 39.8 Å². The highest BCUT2D eigenvalue weighted by Crippen LogP contribution is 2.29. The van der Waals surface area contributed by atoms with E-state index in [2.05, 4.69) is 60.0 Å². The summed E-state index contributed by atoms with van der Waals surface area (Å²) in [6, 6.07) is 10.7. The first-order valence-corrected chi connectivity index (χ1v) is 8.61. The summed E-state index contributed by atoms with van der Waals surface area (Å²) in [5.74, 6) is 0. The molecule has 0 atom stereocenters.